The number of carbonyl (C=O) groups excluding carboxylic acids is 2. The molecular formula is C46H54N2O11. The first-order chi connectivity index (χ1) is 28.7. The lowest BCUT2D eigenvalue weighted by Crippen LogP contribution is -2.10. The molecule has 0 aliphatic carbocycles. The number of ether oxygens (including phenoxy) is 5. The van der Waals surface area contributed by atoms with Crippen LogP contribution < -0.4 is 18.9 Å². The quantitative estimate of drug-likeness (QED) is 0.0217. The topological polar surface area (TPSA) is 167 Å². The Kier molecular flexibility index (Phi) is 17.2. The summed E-state index contributed by atoms with van der Waals surface area (Å²) in [7, 11) is 0. The Hall–Kier alpha value is -5.82. The van der Waals surface area contributed by atoms with Gasteiger partial charge in [0.2, 0.25) is 0 Å². The molecule has 13 heteroatoms. The Balaban J connectivity index is 1.25. The first-order valence-corrected chi connectivity index (χ1v) is 20.8. The van der Waals surface area contributed by atoms with Crippen LogP contribution in [0.15, 0.2) is 72.8 Å². The van der Waals surface area contributed by atoms with Gasteiger partial charge in [-0.3, -0.25) is 20.2 Å². The van der Waals surface area contributed by atoms with Gasteiger partial charge < -0.3 is 23.7 Å². The van der Waals surface area contributed by atoms with E-state index in [1.165, 1.54) is 76.3 Å². The van der Waals surface area contributed by atoms with Crippen LogP contribution in [-0.2, 0) is 18.0 Å². The molecule has 0 saturated carbocycles. The summed E-state index contributed by atoms with van der Waals surface area (Å²) in [5.41, 5.74) is -0.333. The number of hydrogen-bond acceptors (Lipinski definition) is 11. The molecule has 314 valence electrons. The number of unbranched alkanes of at least 4 members (excludes halogenated alkanes) is 12. The third-order valence-electron chi connectivity index (χ3n) is 10.1. The molecule has 4 aromatic rings. The Labute approximate surface area is 345 Å². The second kappa shape index (κ2) is 22.9. The van der Waals surface area contributed by atoms with Crippen LogP contribution in [0.5, 0.6) is 23.0 Å². The van der Waals surface area contributed by atoms with Gasteiger partial charge >= 0.3 is 11.9 Å². The lowest BCUT2D eigenvalue weighted by atomic mass is 9.93. The summed E-state index contributed by atoms with van der Waals surface area (Å²) >= 11 is 0. The molecule has 0 atom stereocenters. The molecule has 13 nitrogen and oxygen atoms in total. The number of nitro benzene ring substituents is 2. The predicted molar refractivity (Wildman–Crippen MR) is 223 cm³/mol. The zero-order chi connectivity index (χ0) is 42.0. The van der Waals surface area contributed by atoms with E-state index in [1.54, 1.807) is 48.5 Å². The molecule has 0 spiro atoms. The van der Waals surface area contributed by atoms with Crippen molar-refractivity contribution in [3.8, 4) is 34.1 Å². The minimum Gasteiger partial charge on any atom is -0.494 e. The summed E-state index contributed by atoms with van der Waals surface area (Å²) in [6.45, 7) is 5.16. The number of hydrogen-bond donors (Lipinski definition) is 0. The zero-order valence-electron chi connectivity index (χ0n) is 34.0. The minimum absolute atomic E-state index is 0.0542. The lowest BCUT2D eigenvalue weighted by molar-refractivity contribution is -0.386. The fourth-order valence-electron chi connectivity index (χ4n) is 7.00. The van der Waals surface area contributed by atoms with E-state index >= 15 is 0 Å². The third kappa shape index (κ3) is 13.1. The van der Waals surface area contributed by atoms with Gasteiger partial charge in [-0.1, -0.05) is 90.9 Å². The fraction of sp³-hybridized carbons (Fsp3) is 0.435. The van der Waals surface area contributed by atoms with E-state index in [0.29, 0.717) is 24.7 Å². The number of benzene rings is 4. The predicted octanol–water partition coefficient (Wildman–Crippen LogP) is 11.9. The molecule has 1 heterocycles. The van der Waals surface area contributed by atoms with Gasteiger partial charge in [0.25, 0.3) is 11.4 Å². The van der Waals surface area contributed by atoms with Crippen molar-refractivity contribution in [3.05, 3.63) is 115 Å². The maximum atomic E-state index is 13.1. The van der Waals surface area contributed by atoms with Gasteiger partial charge in [0.1, 0.15) is 23.0 Å². The Morgan fingerprint density at radius 1 is 0.525 bits per heavy atom. The Bertz CT molecular complexity index is 1890. The van der Waals surface area contributed by atoms with Crippen molar-refractivity contribution < 1.29 is 43.1 Å². The highest BCUT2D eigenvalue weighted by molar-refractivity contribution is 5.93. The summed E-state index contributed by atoms with van der Waals surface area (Å²) in [6, 6.07) is 17.8. The molecular weight excluding hydrogens is 757 g/mol. The Morgan fingerprint density at radius 2 is 0.881 bits per heavy atom. The standard InChI is InChI=1S/C46H54N2O11/c1-3-5-7-9-11-13-15-25-56-37-21-17-33(18-22-37)45(49)58-39-27-35-31-55-32-36-28-40(30-42(48(53)54)44(36)43(35)41(29-39)47(51)52)59-46(50)34-19-23-38(24-20-34)57-26-16-14-12-10-8-6-4-2/h17-24,27-30H,3-16,25-26,31-32H2,1-2H3. The highest BCUT2D eigenvalue weighted by Crippen LogP contribution is 2.46. The van der Waals surface area contributed by atoms with Crippen molar-refractivity contribution in [3.63, 3.8) is 0 Å². The first-order valence-electron chi connectivity index (χ1n) is 20.8. The number of nitrogens with zero attached hydrogens (tertiary/aromatic N) is 2. The van der Waals surface area contributed by atoms with E-state index in [-0.39, 0.29) is 58.1 Å². The monoisotopic (exact) mass is 810 g/mol. The molecule has 0 radical (unpaired) electrons. The summed E-state index contributed by atoms with van der Waals surface area (Å²) in [5.74, 6) is -0.552. The number of fused-ring (bicyclic) bond motifs is 3. The smallest absolute Gasteiger partial charge is 0.343 e. The second-order valence-corrected chi connectivity index (χ2v) is 14.7. The highest BCUT2D eigenvalue weighted by atomic mass is 16.6. The number of esters is 2. The molecule has 0 fully saturated rings. The van der Waals surface area contributed by atoms with Crippen LogP contribution in [0.2, 0.25) is 0 Å². The number of rotatable bonds is 24. The van der Waals surface area contributed by atoms with E-state index in [2.05, 4.69) is 13.8 Å². The molecule has 0 aromatic heterocycles. The average Bonchev–Trinajstić information content (AvgIpc) is 3.41. The van der Waals surface area contributed by atoms with Gasteiger partial charge in [0.15, 0.2) is 0 Å². The fourth-order valence-corrected chi connectivity index (χ4v) is 7.00. The first kappa shape index (κ1) is 44.3. The lowest BCUT2D eigenvalue weighted by Gasteiger charge is -2.14. The van der Waals surface area contributed by atoms with Gasteiger partial charge in [-0.05, 0) is 84.6 Å². The summed E-state index contributed by atoms with van der Waals surface area (Å²) in [5, 5.41) is 25.0. The van der Waals surface area contributed by atoms with Crippen molar-refractivity contribution in [1.29, 1.82) is 0 Å². The van der Waals surface area contributed by atoms with Gasteiger partial charge in [0, 0.05) is 0 Å². The normalized spacial score (nSPS) is 11.8. The maximum Gasteiger partial charge on any atom is 0.343 e. The van der Waals surface area contributed by atoms with Gasteiger partial charge in [-0.15, -0.1) is 0 Å². The van der Waals surface area contributed by atoms with Crippen LogP contribution in [0.25, 0.3) is 11.1 Å². The SMILES string of the molecule is CCCCCCCCCOc1ccc(C(=O)Oc2cc3c(c([N+](=O)[O-])c2)-c2c(cc(OC(=O)c4ccc(OCCCCCCCCC)cc4)cc2[N+](=O)[O-])COC3)cc1. The van der Waals surface area contributed by atoms with Crippen molar-refractivity contribution in [1.82, 2.24) is 0 Å². The van der Waals surface area contributed by atoms with Crippen molar-refractivity contribution in [2.24, 2.45) is 0 Å². The molecule has 1 aliphatic rings. The van der Waals surface area contributed by atoms with E-state index < -0.39 is 33.2 Å². The van der Waals surface area contributed by atoms with Gasteiger partial charge in [-0.2, -0.15) is 0 Å². The second-order valence-electron chi connectivity index (χ2n) is 14.7. The summed E-state index contributed by atoms with van der Waals surface area (Å²) in [6.07, 6.45) is 16.3. The average molecular weight is 811 g/mol. The van der Waals surface area contributed by atoms with Crippen molar-refractivity contribution in [2.45, 2.75) is 117 Å². The van der Waals surface area contributed by atoms with Crippen molar-refractivity contribution >= 4 is 23.3 Å². The van der Waals surface area contributed by atoms with Crippen LogP contribution in [0, 0.1) is 20.2 Å². The highest BCUT2D eigenvalue weighted by Gasteiger charge is 2.33. The molecule has 4 aromatic carbocycles. The van der Waals surface area contributed by atoms with E-state index in [4.69, 9.17) is 23.7 Å². The van der Waals surface area contributed by atoms with Gasteiger partial charge in [-0.25, -0.2) is 9.59 Å². The molecule has 0 N–H and O–H groups in total. The van der Waals surface area contributed by atoms with Gasteiger partial charge in [0.05, 0.1) is 70.7 Å². The molecule has 1 aliphatic heterocycles. The largest absolute Gasteiger partial charge is 0.494 e. The molecule has 59 heavy (non-hydrogen) atoms. The van der Waals surface area contributed by atoms with E-state index in [1.807, 2.05) is 0 Å². The molecule has 0 bridgehead atoms. The van der Waals surface area contributed by atoms with Crippen LogP contribution in [0.1, 0.15) is 136 Å². The van der Waals surface area contributed by atoms with Crippen LogP contribution in [-0.4, -0.2) is 35.0 Å². The molecule has 0 unspecified atom stereocenters. The Morgan fingerprint density at radius 3 is 1.24 bits per heavy atom. The summed E-state index contributed by atoms with van der Waals surface area (Å²) in [4.78, 5) is 49.9. The van der Waals surface area contributed by atoms with E-state index in [9.17, 15) is 29.8 Å². The maximum absolute atomic E-state index is 13.1. The number of carbonyl (C=O) groups is 2. The zero-order valence-corrected chi connectivity index (χ0v) is 34.0. The minimum atomic E-state index is -0.754. The molecule has 0 amide bonds. The van der Waals surface area contributed by atoms with E-state index in [0.717, 1.165) is 37.8 Å². The van der Waals surface area contributed by atoms with Crippen molar-refractivity contribution in [2.75, 3.05) is 13.2 Å². The molecule has 5 rings (SSSR count). The van der Waals surface area contributed by atoms with Crippen LogP contribution in [0.4, 0.5) is 11.4 Å². The van der Waals surface area contributed by atoms with Crippen LogP contribution in [0.3, 0.4) is 0 Å². The summed E-state index contributed by atoms with van der Waals surface area (Å²) < 4.78 is 28.6. The van der Waals surface area contributed by atoms with Crippen LogP contribution >= 0.6 is 0 Å². The third-order valence-corrected chi connectivity index (χ3v) is 10.1. The number of nitro groups is 2. The molecule has 0 saturated heterocycles.